The lowest BCUT2D eigenvalue weighted by atomic mass is 10.0. The summed E-state index contributed by atoms with van der Waals surface area (Å²) in [5.41, 5.74) is 1.66. The summed E-state index contributed by atoms with van der Waals surface area (Å²) in [6.07, 6.45) is -0.0224. The largest absolute Gasteiger partial charge is 0.364 e. The summed E-state index contributed by atoms with van der Waals surface area (Å²) >= 11 is 0. The number of fused-ring (bicyclic) bond motifs is 3. The summed E-state index contributed by atoms with van der Waals surface area (Å²) in [6, 6.07) is 11.9. The lowest BCUT2D eigenvalue weighted by Crippen LogP contribution is -2.42. The fraction of sp³-hybridized carbons (Fsp3) is 0.154. The van der Waals surface area contributed by atoms with E-state index in [1.165, 1.54) is 0 Å². The number of hydrogen-bond donors (Lipinski definition) is 2. The zero-order chi connectivity index (χ0) is 11.1. The quantitative estimate of drug-likeness (QED) is 0.703. The number of benzene rings is 2. The van der Waals surface area contributed by atoms with Crippen LogP contribution in [0, 0.1) is 0 Å². The number of carbonyl (C=O) groups excluding carboxylic acids is 1. The van der Waals surface area contributed by atoms with Gasteiger partial charge in [0, 0.05) is 5.39 Å². The van der Waals surface area contributed by atoms with Crippen LogP contribution in [0.5, 0.6) is 0 Å². The minimum atomic E-state index is -0.0224. The topological polar surface area (TPSA) is 41.1 Å². The SMILES string of the molecule is CC1NC(=O)c2ccc3ccccc3c2N1. The van der Waals surface area contributed by atoms with Crippen LogP contribution in [0.4, 0.5) is 5.69 Å². The zero-order valence-corrected chi connectivity index (χ0v) is 8.95. The molecule has 3 heteroatoms. The van der Waals surface area contributed by atoms with Crippen LogP contribution < -0.4 is 10.6 Å². The van der Waals surface area contributed by atoms with Gasteiger partial charge in [0.2, 0.25) is 0 Å². The molecule has 1 aliphatic rings. The minimum absolute atomic E-state index is 0.00740. The van der Waals surface area contributed by atoms with E-state index in [-0.39, 0.29) is 12.1 Å². The third-order valence-corrected chi connectivity index (χ3v) is 2.88. The molecule has 16 heavy (non-hydrogen) atoms. The molecule has 3 nitrogen and oxygen atoms in total. The van der Waals surface area contributed by atoms with Crippen LogP contribution in [0.25, 0.3) is 10.8 Å². The van der Waals surface area contributed by atoms with Crippen LogP contribution in [0.2, 0.25) is 0 Å². The van der Waals surface area contributed by atoms with Crippen LogP contribution in [0.15, 0.2) is 36.4 Å². The summed E-state index contributed by atoms with van der Waals surface area (Å²) in [5.74, 6) is -0.00740. The third-order valence-electron chi connectivity index (χ3n) is 2.88. The Morgan fingerprint density at radius 3 is 2.75 bits per heavy atom. The standard InChI is InChI=1S/C13H12N2O/c1-8-14-12-10-5-3-2-4-9(10)6-7-11(12)13(16)15-8/h2-8,14H,1H3,(H,15,16). The van der Waals surface area contributed by atoms with Gasteiger partial charge in [0.25, 0.3) is 5.91 Å². The van der Waals surface area contributed by atoms with Crippen molar-refractivity contribution in [3.05, 3.63) is 42.0 Å². The van der Waals surface area contributed by atoms with E-state index in [0.717, 1.165) is 22.0 Å². The van der Waals surface area contributed by atoms with Crippen molar-refractivity contribution in [1.82, 2.24) is 5.32 Å². The van der Waals surface area contributed by atoms with E-state index in [2.05, 4.69) is 16.7 Å². The molecule has 0 saturated heterocycles. The number of amides is 1. The summed E-state index contributed by atoms with van der Waals surface area (Å²) < 4.78 is 0. The van der Waals surface area contributed by atoms with Gasteiger partial charge < -0.3 is 10.6 Å². The van der Waals surface area contributed by atoms with Crippen molar-refractivity contribution in [2.24, 2.45) is 0 Å². The van der Waals surface area contributed by atoms with Crippen LogP contribution in [0.1, 0.15) is 17.3 Å². The maximum atomic E-state index is 11.8. The second kappa shape index (κ2) is 3.23. The Labute approximate surface area is 93.5 Å². The maximum Gasteiger partial charge on any atom is 0.254 e. The normalized spacial score (nSPS) is 18.8. The van der Waals surface area contributed by atoms with E-state index in [4.69, 9.17) is 0 Å². The van der Waals surface area contributed by atoms with Gasteiger partial charge in [-0.3, -0.25) is 4.79 Å². The molecule has 1 unspecified atom stereocenters. The molecule has 0 saturated carbocycles. The van der Waals surface area contributed by atoms with Gasteiger partial charge >= 0.3 is 0 Å². The Kier molecular flexibility index (Phi) is 1.86. The van der Waals surface area contributed by atoms with E-state index in [1.807, 2.05) is 37.3 Å². The highest BCUT2D eigenvalue weighted by molar-refractivity contribution is 6.10. The zero-order valence-electron chi connectivity index (χ0n) is 8.95. The molecule has 0 aliphatic carbocycles. The minimum Gasteiger partial charge on any atom is -0.364 e. The van der Waals surface area contributed by atoms with Crippen molar-refractivity contribution >= 4 is 22.4 Å². The summed E-state index contributed by atoms with van der Waals surface area (Å²) in [6.45, 7) is 1.93. The van der Waals surface area contributed by atoms with E-state index in [1.54, 1.807) is 0 Å². The fourth-order valence-electron chi connectivity index (χ4n) is 2.14. The lowest BCUT2D eigenvalue weighted by Gasteiger charge is -2.26. The molecule has 3 rings (SSSR count). The van der Waals surface area contributed by atoms with Crippen molar-refractivity contribution < 1.29 is 4.79 Å². The first-order valence-corrected chi connectivity index (χ1v) is 5.35. The molecular formula is C13H12N2O. The third kappa shape index (κ3) is 1.25. The molecule has 1 aliphatic heterocycles. The van der Waals surface area contributed by atoms with Crippen molar-refractivity contribution in [3.63, 3.8) is 0 Å². The van der Waals surface area contributed by atoms with Gasteiger partial charge in [-0.2, -0.15) is 0 Å². The highest BCUT2D eigenvalue weighted by atomic mass is 16.2. The molecule has 0 radical (unpaired) electrons. The summed E-state index contributed by atoms with van der Waals surface area (Å²) in [7, 11) is 0. The molecule has 0 aromatic heterocycles. The van der Waals surface area contributed by atoms with Gasteiger partial charge in [-0.05, 0) is 18.4 Å². The fourth-order valence-corrected chi connectivity index (χ4v) is 2.14. The predicted molar refractivity (Wildman–Crippen MR) is 64.5 cm³/mol. The van der Waals surface area contributed by atoms with Gasteiger partial charge in [-0.15, -0.1) is 0 Å². The molecule has 0 spiro atoms. The molecule has 2 N–H and O–H groups in total. The van der Waals surface area contributed by atoms with Gasteiger partial charge in [0.15, 0.2) is 0 Å². The van der Waals surface area contributed by atoms with Gasteiger partial charge in [-0.25, -0.2) is 0 Å². The molecule has 1 heterocycles. The Morgan fingerprint density at radius 2 is 1.88 bits per heavy atom. The van der Waals surface area contributed by atoms with Crippen LogP contribution in [-0.4, -0.2) is 12.1 Å². The van der Waals surface area contributed by atoms with Crippen LogP contribution >= 0.6 is 0 Å². The van der Waals surface area contributed by atoms with Crippen molar-refractivity contribution in [1.29, 1.82) is 0 Å². The smallest absolute Gasteiger partial charge is 0.254 e. The monoisotopic (exact) mass is 212 g/mol. The average molecular weight is 212 g/mol. The highest BCUT2D eigenvalue weighted by Gasteiger charge is 2.21. The van der Waals surface area contributed by atoms with Crippen LogP contribution in [-0.2, 0) is 0 Å². The van der Waals surface area contributed by atoms with E-state index in [9.17, 15) is 4.79 Å². The molecule has 0 bridgehead atoms. The first-order valence-electron chi connectivity index (χ1n) is 5.35. The average Bonchev–Trinajstić information content (AvgIpc) is 2.28. The van der Waals surface area contributed by atoms with Gasteiger partial charge in [-0.1, -0.05) is 30.3 Å². The molecule has 1 atom stereocenters. The molecule has 80 valence electrons. The van der Waals surface area contributed by atoms with E-state index in [0.29, 0.717) is 0 Å². The molecule has 2 aromatic carbocycles. The van der Waals surface area contributed by atoms with E-state index >= 15 is 0 Å². The maximum absolute atomic E-state index is 11.8. The second-order valence-corrected chi connectivity index (χ2v) is 4.05. The van der Waals surface area contributed by atoms with Crippen molar-refractivity contribution in [2.45, 2.75) is 13.1 Å². The van der Waals surface area contributed by atoms with Crippen LogP contribution in [0.3, 0.4) is 0 Å². The number of rotatable bonds is 0. The Bertz CT molecular complexity index is 577. The Morgan fingerprint density at radius 1 is 1.06 bits per heavy atom. The second-order valence-electron chi connectivity index (χ2n) is 4.05. The van der Waals surface area contributed by atoms with Crippen molar-refractivity contribution in [2.75, 3.05) is 5.32 Å². The Balaban J connectivity index is 2.33. The first kappa shape index (κ1) is 9.21. The molecule has 0 fully saturated rings. The number of carbonyl (C=O) groups is 1. The van der Waals surface area contributed by atoms with Gasteiger partial charge in [0.05, 0.1) is 17.4 Å². The van der Waals surface area contributed by atoms with Crippen molar-refractivity contribution in [3.8, 4) is 0 Å². The Hall–Kier alpha value is -2.03. The first-order chi connectivity index (χ1) is 7.75. The number of nitrogens with one attached hydrogen (secondary N) is 2. The summed E-state index contributed by atoms with van der Waals surface area (Å²) in [5, 5.41) is 8.40. The number of anilines is 1. The highest BCUT2D eigenvalue weighted by Crippen LogP contribution is 2.29. The molecule has 1 amide bonds. The summed E-state index contributed by atoms with van der Waals surface area (Å²) in [4.78, 5) is 11.8. The van der Waals surface area contributed by atoms with Gasteiger partial charge in [0.1, 0.15) is 0 Å². The lowest BCUT2D eigenvalue weighted by molar-refractivity contribution is 0.0939. The molecular weight excluding hydrogens is 200 g/mol. The molecule has 2 aromatic rings. The number of hydrogen-bond acceptors (Lipinski definition) is 2. The van der Waals surface area contributed by atoms with E-state index < -0.39 is 0 Å². The predicted octanol–water partition coefficient (Wildman–Crippen LogP) is 2.34.